The molecule has 0 heterocycles. The predicted molar refractivity (Wildman–Crippen MR) is 102 cm³/mol. The van der Waals surface area contributed by atoms with Crippen LogP contribution in [0.2, 0.25) is 0 Å². The van der Waals surface area contributed by atoms with E-state index < -0.39 is 5.97 Å². The summed E-state index contributed by atoms with van der Waals surface area (Å²) < 4.78 is 10.6. The lowest BCUT2D eigenvalue weighted by Gasteiger charge is -2.12. The Kier molecular flexibility index (Phi) is 6.55. The van der Waals surface area contributed by atoms with Crippen molar-refractivity contribution in [2.45, 2.75) is 20.8 Å². The number of amides is 1. The standard InChI is InChI=1S/C21H23NO4/c1-5-25-21(24)18-10-7-11-19(15(18)4)22-20(23)16-8-6-9-17(12-16)26-13-14(2)3/h6-12H,2,5,13H2,1,3-4H3,(H,22,23). The predicted octanol–water partition coefficient (Wildman–Crippen LogP) is 4.38. The van der Waals surface area contributed by atoms with Crippen LogP contribution >= 0.6 is 0 Å². The molecule has 0 bridgehead atoms. The van der Waals surface area contributed by atoms with Crippen molar-refractivity contribution in [1.82, 2.24) is 0 Å². The van der Waals surface area contributed by atoms with E-state index in [1.54, 1.807) is 56.3 Å². The highest BCUT2D eigenvalue weighted by Gasteiger charge is 2.15. The molecule has 5 nitrogen and oxygen atoms in total. The fraction of sp³-hybridized carbons (Fsp3) is 0.238. The SMILES string of the molecule is C=C(C)COc1cccc(C(=O)Nc2cccc(C(=O)OCC)c2C)c1. The number of anilines is 1. The minimum absolute atomic E-state index is 0.283. The first-order valence-electron chi connectivity index (χ1n) is 8.37. The number of hydrogen-bond acceptors (Lipinski definition) is 4. The molecule has 0 saturated carbocycles. The highest BCUT2D eigenvalue weighted by atomic mass is 16.5. The van der Waals surface area contributed by atoms with Gasteiger partial charge in [-0.25, -0.2) is 4.79 Å². The van der Waals surface area contributed by atoms with Gasteiger partial charge in [0, 0.05) is 11.3 Å². The van der Waals surface area contributed by atoms with Gasteiger partial charge in [-0.05, 0) is 62.2 Å². The number of carbonyl (C=O) groups excluding carboxylic acids is 2. The maximum absolute atomic E-state index is 12.6. The molecule has 0 fully saturated rings. The van der Waals surface area contributed by atoms with Crippen molar-refractivity contribution in [2.75, 3.05) is 18.5 Å². The molecule has 0 aromatic heterocycles. The molecule has 1 N–H and O–H groups in total. The molecule has 0 saturated heterocycles. The van der Waals surface area contributed by atoms with Crippen molar-refractivity contribution in [2.24, 2.45) is 0 Å². The van der Waals surface area contributed by atoms with Crippen molar-refractivity contribution in [1.29, 1.82) is 0 Å². The van der Waals surface area contributed by atoms with Gasteiger partial charge in [-0.1, -0.05) is 18.7 Å². The van der Waals surface area contributed by atoms with Crippen molar-refractivity contribution in [3.63, 3.8) is 0 Å². The van der Waals surface area contributed by atoms with E-state index in [-0.39, 0.29) is 5.91 Å². The van der Waals surface area contributed by atoms with Gasteiger partial charge in [0.05, 0.1) is 12.2 Å². The van der Waals surface area contributed by atoms with E-state index in [2.05, 4.69) is 11.9 Å². The molecule has 0 unspecified atom stereocenters. The van der Waals surface area contributed by atoms with Gasteiger partial charge in [-0.2, -0.15) is 0 Å². The van der Waals surface area contributed by atoms with Crippen molar-refractivity contribution < 1.29 is 19.1 Å². The van der Waals surface area contributed by atoms with Crippen LogP contribution in [0.4, 0.5) is 5.69 Å². The molecule has 0 aliphatic carbocycles. The molecule has 0 aliphatic rings. The Morgan fingerprint density at radius 3 is 2.58 bits per heavy atom. The third-order valence-electron chi connectivity index (χ3n) is 3.66. The molecule has 2 rings (SSSR count). The lowest BCUT2D eigenvalue weighted by molar-refractivity contribution is 0.0525. The third-order valence-corrected chi connectivity index (χ3v) is 3.66. The zero-order chi connectivity index (χ0) is 19.1. The van der Waals surface area contributed by atoms with Crippen molar-refractivity contribution in [3.8, 4) is 5.75 Å². The van der Waals surface area contributed by atoms with Gasteiger partial charge in [0.2, 0.25) is 0 Å². The number of rotatable bonds is 7. The number of nitrogens with one attached hydrogen (secondary N) is 1. The first kappa shape index (κ1) is 19.2. The summed E-state index contributed by atoms with van der Waals surface area (Å²) >= 11 is 0. The Morgan fingerprint density at radius 2 is 1.88 bits per heavy atom. The van der Waals surface area contributed by atoms with Crippen LogP contribution in [0.1, 0.15) is 40.1 Å². The van der Waals surface area contributed by atoms with Gasteiger partial charge in [-0.3, -0.25) is 4.79 Å². The van der Waals surface area contributed by atoms with Crippen LogP contribution in [0.3, 0.4) is 0 Å². The van der Waals surface area contributed by atoms with Crippen LogP contribution in [0.15, 0.2) is 54.6 Å². The first-order valence-corrected chi connectivity index (χ1v) is 8.37. The van der Waals surface area contributed by atoms with E-state index in [1.807, 2.05) is 6.92 Å². The summed E-state index contributed by atoms with van der Waals surface area (Å²) in [5.41, 5.74) is 3.02. The van der Waals surface area contributed by atoms with Crippen molar-refractivity contribution in [3.05, 3.63) is 71.3 Å². The minimum Gasteiger partial charge on any atom is -0.489 e. The fourth-order valence-corrected chi connectivity index (χ4v) is 2.33. The fourth-order valence-electron chi connectivity index (χ4n) is 2.33. The zero-order valence-electron chi connectivity index (χ0n) is 15.3. The zero-order valence-corrected chi connectivity index (χ0v) is 15.3. The molecule has 26 heavy (non-hydrogen) atoms. The largest absolute Gasteiger partial charge is 0.489 e. The average molecular weight is 353 g/mol. The number of ether oxygens (including phenoxy) is 2. The molecule has 0 aliphatic heterocycles. The molecule has 0 spiro atoms. The summed E-state index contributed by atoms with van der Waals surface area (Å²) in [6, 6.07) is 12.0. The van der Waals surface area contributed by atoms with E-state index >= 15 is 0 Å². The molecule has 2 aromatic carbocycles. The molecular formula is C21H23NO4. The molecule has 0 atom stereocenters. The highest BCUT2D eigenvalue weighted by molar-refractivity contribution is 6.05. The minimum atomic E-state index is -0.406. The Balaban J connectivity index is 2.17. The van der Waals surface area contributed by atoms with E-state index in [0.717, 1.165) is 5.57 Å². The lowest BCUT2D eigenvalue weighted by Crippen LogP contribution is -2.15. The van der Waals surface area contributed by atoms with Crippen LogP contribution < -0.4 is 10.1 Å². The Labute approximate surface area is 153 Å². The summed E-state index contributed by atoms with van der Waals surface area (Å²) in [6.07, 6.45) is 0. The highest BCUT2D eigenvalue weighted by Crippen LogP contribution is 2.21. The normalized spacial score (nSPS) is 10.1. The summed E-state index contributed by atoms with van der Waals surface area (Å²) in [5, 5.41) is 2.84. The van der Waals surface area contributed by atoms with Gasteiger partial charge in [0.25, 0.3) is 5.91 Å². The topological polar surface area (TPSA) is 64.6 Å². The van der Waals surface area contributed by atoms with Crippen LogP contribution in [0.5, 0.6) is 5.75 Å². The molecule has 5 heteroatoms. The Morgan fingerprint density at radius 1 is 1.15 bits per heavy atom. The summed E-state index contributed by atoms with van der Waals surface area (Å²) in [5.74, 6) is -0.0937. The van der Waals surface area contributed by atoms with Gasteiger partial charge >= 0.3 is 5.97 Å². The summed E-state index contributed by atoms with van der Waals surface area (Å²) in [7, 11) is 0. The second-order valence-electron chi connectivity index (χ2n) is 5.93. The van der Waals surface area contributed by atoms with Crippen LogP contribution in [-0.4, -0.2) is 25.1 Å². The van der Waals surface area contributed by atoms with E-state index in [0.29, 0.717) is 41.3 Å². The maximum Gasteiger partial charge on any atom is 0.338 e. The van der Waals surface area contributed by atoms with E-state index in [9.17, 15) is 9.59 Å². The van der Waals surface area contributed by atoms with Gasteiger partial charge in [0.15, 0.2) is 0 Å². The third kappa shape index (κ3) is 4.96. The lowest BCUT2D eigenvalue weighted by atomic mass is 10.1. The molecule has 2 aromatic rings. The Bertz CT molecular complexity index is 827. The smallest absolute Gasteiger partial charge is 0.338 e. The van der Waals surface area contributed by atoms with Gasteiger partial charge in [0.1, 0.15) is 12.4 Å². The van der Waals surface area contributed by atoms with E-state index in [4.69, 9.17) is 9.47 Å². The molecule has 1 amide bonds. The number of hydrogen-bond donors (Lipinski definition) is 1. The molecule has 0 radical (unpaired) electrons. The van der Waals surface area contributed by atoms with Crippen LogP contribution in [0, 0.1) is 6.92 Å². The number of benzene rings is 2. The molecular weight excluding hydrogens is 330 g/mol. The second kappa shape index (κ2) is 8.85. The monoisotopic (exact) mass is 353 g/mol. The quantitative estimate of drug-likeness (QED) is 0.593. The van der Waals surface area contributed by atoms with Gasteiger partial charge in [-0.15, -0.1) is 0 Å². The van der Waals surface area contributed by atoms with Crippen LogP contribution in [0.25, 0.3) is 0 Å². The van der Waals surface area contributed by atoms with E-state index in [1.165, 1.54) is 0 Å². The molecule has 136 valence electrons. The number of carbonyl (C=O) groups is 2. The average Bonchev–Trinajstić information content (AvgIpc) is 2.62. The maximum atomic E-state index is 12.6. The Hall–Kier alpha value is -3.08. The second-order valence-corrected chi connectivity index (χ2v) is 5.93. The summed E-state index contributed by atoms with van der Waals surface area (Å²) in [6.45, 7) is 9.87. The van der Waals surface area contributed by atoms with Crippen LogP contribution in [-0.2, 0) is 4.74 Å². The first-order chi connectivity index (χ1) is 12.4. The number of esters is 1. The summed E-state index contributed by atoms with van der Waals surface area (Å²) in [4.78, 5) is 24.5. The van der Waals surface area contributed by atoms with Gasteiger partial charge < -0.3 is 14.8 Å². The van der Waals surface area contributed by atoms with Crippen molar-refractivity contribution >= 4 is 17.6 Å².